The molecule has 2 atom stereocenters. The Morgan fingerprint density at radius 2 is 2.13 bits per heavy atom. The van der Waals surface area contributed by atoms with E-state index in [9.17, 15) is 0 Å². The van der Waals surface area contributed by atoms with Gasteiger partial charge in [0.1, 0.15) is 0 Å². The molecule has 1 aromatic heterocycles. The van der Waals surface area contributed by atoms with E-state index in [1.54, 1.807) is 23.5 Å². The van der Waals surface area contributed by atoms with Crippen LogP contribution >= 0.6 is 34.5 Å². The summed E-state index contributed by atoms with van der Waals surface area (Å²) >= 11 is 13.8. The number of nitrogens with two attached hydrogens (primary N) is 1. The topological polar surface area (TPSA) is 63.3 Å². The Balaban J connectivity index is 1.96. The highest BCUT2D eigenvalue weighted by atomic mass is 35.5. The van der Waals surface area contributed by atoms with Crippen molar-refractivity contribution in [2.75, 3.05) is 6.54 Å². The molecule has 2 rings (SSSR count). The minimum Gasteiger partial charge on any atom is -0.370 e. The summed E-state index contributed by atoms with van der Waals surface area (Å²) in [7, 11) is 0. The Morgan fingerprint density at radius 3 is 2.74 bits per heavy atom. The average Bonchev–Trinajstić information content (AvgIpc) is 2.91. The number of halogens is 2. The number of aliphatic imine (C=N–C) groups is 1. The number of nitrogens with zero attached hydrogens (tertiary/aromatic N) is 2. The Morgan fingerprint density at radius 1 is 1.39 bits per heavy atom. The highest BCUT2D eigenvalue weighted by molar-refractivity contribution is 7.11. The summed E-state index contributed by atoms with van der Waals surface area (Å²) in [5.41, 5.74) is 6.90. The molecule has 0 saturated carbocycles. The Bertz CT molecular complexity index is 699. The molecule has 2 unspecified atom stereocenters. The van der Waals surface area contributed by atoms with Crippen LogP contribution in [0.3, 0.4) is 0 Å². The maximum absolute atomic E-state index is 6.21. The molecule has 0 aliphatic heterocycles. The summed E-state index contributed by atoms with van der Waals surface area (Å²) in [6, 6.07) is 5.36. The molecule has 0 amide bonds. The van der Waals surface area contributed by atoms with E-state index in [2.05, 4.69) is 22.2 Å². The van der Waals surface area contributed by atoms with Crippen LogP contribution in [0.5, 0.6) is 0 Å². The molecule has 1 heterocycles. The molecule has 1 aromatic carbocycles. The van der Waals surface area contributed by atoms with Crippen molar-refractivity contribution < 1.29 is 0 Å². The van der Waals surface area contributed by atoms with Crippen molar-refractivity contribution in [3.63, 3.8) is 0 Å². The third-order valence-electron chi connectivity index (χ3n) is 3.39. The second kappa shape index (κ2) is 7.99. The summed E-state index contributed by atoms with van der Waals surface area (Å²) in [6.07, 6.45) is 1.88. The number of rotatable bonds is 5. The first-order chi connectivity index (χ1) is 10.9. The first-order valence-corrected chi connectivity index (χ1v) is 8.87. The second-order valence-electron chi connectivity index (χ2n) is 5.47. The van der Waals surface area contributed by atoms with E-state index in [1.807, 2.05) is 26.1 Å². The van der Waals surface area contributed by atoms with Gasteiger partial charge >= 0.3 is 0 Å². The molecule has 124 valence electrons. The summed E-state index contributed by atoms with van der Waals surface area (Å²) < 4.78 is 0. The van der Waals surface area contributed by atoms with Crippen LogP contribution in [0.25, 0.3) is 0 Å². The quantitative estimate of drug-likeness (QED) is 0.600. The number of aryl methyl sites for hydroxylation is 1. The monoisotopic (exact) mass is 370 g/mol. The lowest BCUT2D eigenvalue weighted by atomic mass is 10.1. The molecule has 23 heavy (non-hydrogen) atoms. The van der Waals surface area contributed by atoms with Crippen molar-refractivity contribution in [1.29, 1.82) is 0 Å². The normalized spacial score (nSPS) is 14.6. The van der Waals surface area contributed by atoms with Crippen molar-refractivity contribution >= 4 is 40.5 Å². The maximum atomic E-state index is 6.21. The van der Waals surface area contributed by atoms with Crippen molar-refractivity contribution in [3.05, 3.63) is 49.9 Å². The molecule has 0 saturated heterocycles. The predicted octanol–water partition coefficient (Wildman–Crippen LogP) is 4.53. The van der Waals surface area contributed by atoms with E-state index in [1.165, 1.54) is 4.88 Å². The van der Waals surface area contributed by atoms with E-state index in [0.717, 1.165) is 10.6 Å². The third-order valence-corrected chi connectivity index (χ3v) is 5.10. The number of guanidine groups is 1. The van der Waals surface area contributed by atoms with Gasteiger partial charge in [-0.1, -0.05) is 36.2 Å². The SMILES string of the molecule is Cc1cnc(C(C)CN=C(N)NC(C)c2ccc(Cl)cc2Cl)s1. The fraction of sp³-hybridized carbons (Fsp3) is 0.375. The summed E-state index contributed by atoms with van der Waals surface area (Å²) in [5, 5.41) is 5.45. The number of nitrogens with one attached hydrogen (secondary N) is 1. The lowest BCUT2D eigenvalue weighted by Crippen LogP contribution is -2.34. The molecule has 0 radical (unpaired) electrons. The van der Waals surface area contributed by atoms with Crippen LogP contribution in [0.4, 0.5) is 0 Å². The molecule has 7 heteroatoms. The fourth-order valence-corrected chi connectivity index (χ4v) is 3.50. The number of thiazole rings is 1. The van der Waals surface area contributed by atoms with Gasteiger partial charge in [-0.05, 0) is 31.5 Å². The van der Waals surface area contributed by atoms with Crippen molar-refractivity contribution in [3.8, 4) is 0 Å². The average molecular weight is 371 g/mol. The van der Waals surface area contributed by atoms with Crippen molar-refractivity contribution in [2.45, 2.75) is 32.7 Å². The lowest BCUT2D eigenvalue weighted by Gasteiger charge is -2.17. The molecule has 2 aromatic rings. The van der Waals surface area contributed by atoms with Gasteiger partial charge in [0.25, 0.3) is 0 Å². The van der Waals surface area contributed by atoms with Gasteiger partial charge in [-0.3, -0.25) is 4.99 Å². The molecular weight excluding hydrogens is 351 g/mol. The Labute approximate surface area is 150 Å². The molecule has 4 nitrogen and oxygen atoms in total. The zero-order valence-electron chi connectivity index (χ0n) is 13.3. The van der Waals surface area contributed by atoms with Crippen LogP contribution in [-0.4, -0.2) is 17.5 Å². The smallest absolute Gasteiger partial charge is 0.189 e. The van der Waals surface area contributed by atoms with Gasteiger partial charge in [-0.15, -0.1) is 11.3 Å². The van der Waals surface area contributed by atoms with Crippen molar-refractivity contribution in [1.82, 2.24) is 10.3 Å². The van der Waals surface area contributed by atoms with Gasteiger partial charge in [-0.25, -0.2) is 4.98 Å². The van der Waals surface area contributed by atoms with Gasteiger partial charge in [-0.2, -0.15) is 0 Å². The highest BCUT2D eigenvalue weighted by Crippen LogP contribution is 2.26. The molecule has 0 bridgehead atoms. The predicted molar refractivity (Wildman–Crippen MR) is 99.8 cm³/mol. The zero-order chi connectivity index (χ0) is 17.0. The number of hydrogen-bond donors (Lipinski definition) is 2. The van der Waals surface area contributed by atoms with Crippen LogP contribution in [-0.2, 0) is 0 Å². The Kier molecular flexibility index (Phi) is 6.27. The highest BCUT2D eigenvalue weighted by Gasteiger charge is 2.12. The molecule has 0 aliphatic carbocycles. The van der Waals surface area contributed by atoms with Gasteiger partial charge in [0, 0.05) is 27.0 Å². The van der Waals surface area contributed by atoms with Crippen LogP contribution in [0.1, 0.15) is 41.3 Å². The summed E-state index contributed by atoms with van der Waals surface area (Å²) in [5.74, 6) is 0.632. The maximum Gasteiger partial charge on any atom is 0.189 e. The molecular formula is C16H20Cl2N4S. The van der Waals surface area contributed by atoms with Crippen LogP contribution in [0.2, 0.25) is 10.0 Å². The first-order valence-electron chi connectivity index (χ1n) is 7.30. The van der Waals surface area contributed by atoms with E-state index in [-0.39, 0.29) is 12.0 Å². The number of hydrogen-bond acceptors (Lipinski definition) is 3. The van der Waals surface area contributed by atoms with Gasteiger partial charge < -0.3 is 11.1 Å². The number of benzene rings is 1. The standard InChI is InChI=1S/C16H20Cl2N4S/c1-9(15-20-8-10(2)23-15)7-21-16(19)22-11(3)13-5-4-12(17)6-14(13)18/h4-6,8-9,11H,7H2,1-3H3,(H3,19,21,22). The summed E-state index contributed by atoms with van der Waals surface area (Å²) in [4.78, 5) is 9.99. The van der Waals surface area contributed by atoms with E-state index in [0.29, 0.717) is 22.5 Å². The third kappa shape index (κ3) is 5.09. The van der Waals surface area contributed by atoms with E-state index in [4.69, 9.17) is 28.9 Å². The van der Waals surface area contributed by atoms with Gasteiger partial charge in [0.05, 0.1) is 17.6 Å². The molecule has 3 N–H and O–H groups in total. The Hall–Kier alpha value is -1.30. The molecule has 0 fully saturated rings. The van der Waals surface area contributed by atoms with Crippen LogP contribution in [0.15, 0.2) is 29.4 Å². The van der Waals surface area contributed by atoms with Crippen molar-refractivity contribution in [2.24, 2.45) is 10.7 Å². The summed E-state index contributed by atoms with van der Waals surface area (Å²) in [6.45, 7) is 6.71. The van der Waals surface area contributed by atoms with Crippen LogP contribution < -0.4 is 11.1 Å². The molecule has 0 spiro atoms. The minimum atomic E-state index is -0.0547. The fourth-order valence-electron chi connectivity index (χ4n) is 2.11. The minimum absolute atomic E-state index is 0.0547. The second-order valence-corrected chi connectivity index (χ2v) is 7.58. The zero-order valence-corrected chi connectivity index (χ0v) is 15.6. The first kappa shape index (κ1) is 18.0. The van der Waals surface area contributed by atoms with E-state index >= 15 is 0 Å². The van der Waals surface area contributed by atoms with Gasteiger partial charge in [0.2, 0.25) is 0 Å². The van der Waals surface area contributed by atoms with Crippen LogP contribution in [0, 0.1) is 6.92 Å². The van der Waals surface area contributed by atoms with E-state index < -0.39 is 0 Å². The van der Waals surface area contributed by atoms with Gasteiger partial charge in [0.15, 0.2) is 5.96 Å². The largest absolute Gasteiger partial charge is 0.370 e. The number of aromatic nitrogens is 1. The lowest BCUT2D eigenvalue weighted by molar-refractivity contribution is 0.698. The molecule has 0 aliphatic rings.